The first-order valence-electron chi connectivity index (χ1n) is 6.15. The molecule has 16 heavy (non-hydrogen) atoms. The standard InChI is InChI=1S/C12H24N2O2/c1-4-11(3,5-2)14-10(15)12(13)6-8-16-9-7-12/h4-9,13H2,1-3H3,(H,14,15). The van der Waals surface area contributed by atoms with Crippen LogP contribution in [-0.4, -0.2) is 30.2 Å². The van der Waals surface area contributed by atoms with Crippen LogP contribution in [0.5, 0.6) is 0 Å². The molecule has 4 heteroatoms. The van der Waals surface area contributed by atoms with Crippen molar-refractivity contribution in [3.63, 3.8) is 0 Å². The topological polar surface area (TPSA) is 64.4 Å². The molecule has 1 saturated heterocycles. The third-order valence-electron chi connectivity index (χ3n) is 3.81. The largest absolute Gasteiger partial charge is 0.381 e. The molecule has 3 N–H and O–H groups in total. The highest BCUT2D eigenvalue weighted by molar-refractivity contribution is 5.86. The fourth-order valence-electron chi connectivity index (χ4n) is 1.79. The van der Waals surface area contributed by atoms with Crippen LogP contribution < -0.4 is 11.1 Å². The number of ether oxygens (including phenoxy) is 1. The second-order valence-corrected chi connectivity index (χ2v) is 4.99. The molecule has 1 amide bonds. The van der Waals surface area contributed by atoms with Crippen molar-refractivity contribution in [1.82, 2.24) is 5.32 Å². The molecular weight excluding hydrogens is 204 g/mol. The fourth-order valence-corrected chi connectivity index (χ4v) is 1.79. The van der Waals surface area contributed by atoms with E-state index in [-0.39, 0.29) is 11.4 Å². The summed E-state index contributed by atoms with van der Waals surface area (Å²) in [6, 6.07) is 0. The monoisotopic (exact) mass is 228 g/mol. The highest BCUT2D eigenvalue weighted by Crippen LogP contribution is 2.21. The van der Waals surface area contributed by atoms with Crippen LogP contribution in [0.3, 0.4) is 0 Å². The lowest BCUT2D eigenvalue weighted by molar-refractivity contribution is -0.131. The van der Waals surface area contributed by atoms with Gasteiger partial charge in [0.2, 0.25) is 5.91 Å². The van der Waals surface area contributed by atoms with Crippen molar-refractivity contribution in [2.24, 2.45) is 5.73 Å². The maximum atomic E-state index is 12.2. The van der Waals surface area contributed by atoms with Crippen molar-refractivity contribution in [2.75, 3.05) is 13.2 Å². The smallest absolute Gasteiger partial charge is 0.240 e. The molecular formula is C12H24N2O2. The summed E-state index contributed by atoms with van der Waals surface area (Å²) < 4.78 is 5.24. The van der Waals surface area contributed by atoms with Gasteiger partial charge in [-0.3, -0.25) is 4.79 Å². The van der Waals surface area contributed by atoms with Crippen LogP contribution in [-0.2, 0) is 9.53 Å². The maximum absolute atomic E-state index is 12.2. The molecule has 0 radical (unpaired) electrons. The van der Waals surface area contributed by atoms with Crippen LogP contribution in [0.15, 0.2) is 0 Å². The molecule has 0 aliphatic carbocycles. The van der Waals surface area contributed by atoms with Gasteiger partial charge in [0.25, 0.3) is 0 Å². The zero-order chi connectivity index (χ0) is 12.2. The molecule has 1 aliphatic heterocycles. The number of carbonyl (C=O) groups is 1. The molecule has 0 atom stereocenters. The van der Waals surface area contributed by atoms with E-state index in [9.17, 15) is 4.79 Å². The van der Waals surface area contributed by atoms with Gasteiger partial charge in [0.05, 0.1) is 5.54 Å². The minimum absolute atomic E-state index is 0.0259. The van der Waals surface area contributed by atoms with Crippen LogP contribution in [0.2, 0.25) is 0 Å². The summed E-state index contributed by atoms with van der Waals surface area (Å²) in [7, 11) is 0. The number of hydrogen-bond donors (Lipinski definition) is 2. The average Bonchev–Trinajstić information content (AvgIpc) is 2.30. The molecule has 1 rings (SSSR count). The molecule has 1 heterocycles. The number of amides is 1. The normalized spacial score (nSPS) is 20.5. The Morgan fingerprint density at radius 1 is 1.38 bits per heavy atom. The van der Waals surface area contributed by atoms with Crippen LogP contribution >= 0.6 is 0 Å². The maximum Gasteiger partial charge on any atom is 0.240 e. The number of nitrogens with two attached hydrogens (primary N) is 1. The predicted octanol–water partition coefficient (Wildman–Crippen LogP) is 1.19. The van der Waals surface area contributed by atoms with Gasteiger partial charge in [-0.05, 0) is 32.6 Å². The number of hydrogen-bond acceptors (Lipinski definition) is 3. The molecule has 0 bridgehead atoms. The van der Waals surface area contributed by atoms with E-state index < -0.39 is 5.54 Å². The van der Waals surface area contributed by atoms with E-state index >= 15 is 0 Å². The lowest BCUT2D eigenvalue weighted by Crippen LogP contribution is -2.61. The van der Waals surface area contributed by atoms with E-state index in [1.54, 1.807) is 0 Å². The van der Waals surface area contributed by atoms with Crippen molar-refractivity contribution in [3.8, 4) is 0 Å². The van der Waals surface area contributed by atoms with Gasteiger partial charge >= 0.3 is 0 Å². The second-order valence-electron chi connectivity index (χ2n) is 4.99. The highest BCUT2D eigenvalue weighted by Gasteiger charge is 2.38. The SMILES string of the molecule is CCC(C)(CC)NC(=O)C1(N)CCOCC1. The molecule has 0 aromatic heterocycles. The van der Waals surface area contributed by atoms with Crippen LogP contribution in [0, 0.1) is 0 Å². The average molecular weight is 228 g/mol. The zero-order valence-electron chi connectivity index (χ0n) is 10.6. The van der Waals surface area contributed by atoms with Gasteiger partial charge in [0.15, 0.2) is 0 Å². The summed E-state index contributed by atoms with van der Waals surface area (Å²) in [5.41, 5.74) is 5.26. The van der Waals surface area contributed by atoms with E-state index in [2.05, 4.69) is 26.1 Å². The summed E-state index contributed by atoms with van der Waals surface area (Å²) >= 11 is 0. The van der Waals surface area contributed by atoms with Gasteiger partial charge in [-0.1, -0.05) is 13.8 Å². The first-order chi connectivity index (χ1) is 7.46. The van der Waals surface area contributed by atoms with Crippen molar-refractivity contribution < 1.29 is 9.53 Å². The van der Waals surface area contributed by atoms with Crippen molar-refractivity contribution in [1.29, 1.82) is 0 Å². The van der Waals surface area contributed by atoms with Crippen molar-refractivity contribution in [2.45, 2.75) is 57.5 Å². The van der Waals surface area contributed by atoms with Crippen LogP contribution in [0.25, 0.3) is 0 Å². The van der Waals surface area contributed by atoms with E-state index in [4.69, 9.17) is 10.5 Å². The van der Waals surface area contributed by atoms with Gasteiger partial charge < -0.3 is 15.8 Å². The number of rotatable bonds is 4. The Bertz CT molecular complexity index is 243. The Labute approximate surface area is 97.9 Å². The molecule has 1 aliphatic rings. The summed E-state index contributed by atoms with van der Waals surface area (Å²) in [4.78, 5) is 12.2. The van der Waals surface area contributed by atoms with Gasteiger partial charge in [0, 0.05) is 18.8 Å². The zero-order valence-corrected chi connectivity index (χ0v) is 10.6. The minimum atomic E-state index is -0.732. The lowest BCUT2D eigenvalue weighted by atomic mass is 9.87. The van der Waals surface area contributed by atoms with Gasteiger partial charge in [0.1, 0.15) is 0 Å². The highest BCUT2D eigenvalue weighted by atomic mass is 16.5. The third-order valence-corrected chi connectivity index (χ3v) is 3.81. The van der Waals surface area contributed by atoms with E-state index in [0.29, 0.717) is 26.1 Å². The Hall–Kier alpha value is -0.610. The van der Waals surface area contributed by atoms with Gasteiger partial charge in [-0.15, -0.1) is 0 Å². The van der Waals surface area contributed by atoms with E-state index in [1.165, 1.54) is 0 Å². The van der Waals surface area contributed by atoms with Crippen molar-refractivity contribution in [3.05, 3.63) is 0 Å². The third kappa shape index (κ3) is 2.95. The molecule has 0 aromatic carbocycles. The summed E-state index contributed by atoms with van der Waals surface area (Å²) in [5.74, 6) is -0.0259. The van der Waals surface area contributed by atoms with E-state index in [1.807, 2.05) is 0 Å². The van der Waals surface area contributed by atoms with Gasteiger partial charge in [-0.25, -0.2) is 0 Å². The number of carbonyl (C=O) groups excluding carboxylic acids is 1. The molecule has 4 nitrogen and oxygen atoms in total. The molecule has 0 unspecified atom stereocenters. The Morgan fingerprint density at radius 3 is 2.31 bits per heavy atom. The summed E-state index contributed by atoms with van der Waals surface area (Å²) in [5, 5.41) is 3.08. The van der Waals surface area contributed by atoms with E-state index in [0.717, 1.165) is 12.8 Å². The first kappa shape index (κ1) is 13.5. The van der Waals surface area contributed by atoms with Crippen molar-refractivity contribution >= 4 is 5.91 Å². The van der Waals surface area contributed by atoms with Crippen LogP contribution in [0.4, 0.5) is 0 Å². The fraction of sp³-hybridized carbons (Fsp3) is 0.917. The minimum Gasteiger partial charge on any atom is -0.381 e. The molecule has 0 saturated carbocycles. The molecule has 94 valence electrons. The summed E-state index contributed by atoms with van der Waals surface area (Å²) in [6.45, 7) is 7.39. The number of nitrogens with one attached hydrogen (secondary N) is 1. The Balaban J connectivity index is 2.63. The quantitative estimate of drug-likeness (QED) is 0.759. The summed E-state index contributed by atoms with van der Waals surface area (Å²) in [6.07, 6.45) is 3.06. The Morgan fingerprint density at radius 2 is 1.88 bits per heavy atom. The first-order valence-corrected chi connectivity index (χ1v) is 6.15. The second kappa shape index (κ2) is 5.15. The van der Waals surface area contributed by atoms with Crippen LogP contribution in [0.1, 0.15) is 46.5 Å². The predicted molar refractivity (Wildman–Crippen MR) is 64.1 cm³/mol. The molecule has 0 spiro atoms. The van der Waals surface area contributed by atoms with Gasteiger partial charge in [-0.2, -0.15) is 0 Å². The lowest BCUT2D eigenvalue weighted by Gasteiger charge is -2.37. The molecule has 0 aromatic rings. The Kier molecular flexibility index (Phi) is 4.33. The molecule has 1 fully saturated rings.